The predicted octanol–water partition coefficient (Wildman–Crippen LogP) is 3.28. The van der Waals surface area contributed by atoms with E-state index in [1.807, 2.05) is 57.2 Å². The Labute approximate surface area is 119 Å². The first kappa shape index (κ1) is 14.5. The van der Waals surface area contributed by atoms with Crippen molar-refractivity contribution in [1.82, 2.24) is 4.57 Å². The van der Waals surface area contributed by atoms with E-state index in [1.165, 1.54) is 0 Å². The summed E-state index contributed by atoms with van der Waals surface area (Å²) >= 11 is 0. The smallest absolute Gasteiger partial charge is 0.194 e. The number of ketones is 1. The fraction of sp³-hybridized carbons (Fsp3) is 0.353. The molecule has 0 fully saturated rings. The van der Waals surface area contributed by atoms with Crippen LogP contribution in [0.2, 0.25) is 0 Å². The molecule has 3 nitrogen and oxygen atoms in total. The van der Waals surface area contributed by atoms with Crippen molar-refractivity contribution in [2.24, 2.45) is 0 Å². The summed E-state index contributed by atoms with van der Waals surface area (Å²) in [5.74, 6) is 0.0396. The van der Waals surface area contributed by atoms with Gasteiger partial charge < -0.3 is 9.67 Å². The maximum atomic E-state index is 12.6. The normalized spacial score (nSPS) is 12.4. The molecule has 0 aliphatic carbocycles. The molecule has 2 rings (SSSR count). The van der Waals surface area contributed by atoms with Crippen molar-refractivity contribution in [3.8, 4) is 0 Å². The van der Waals surface area contributed by atoms with Gasteiger partial charge in [0.1, 0.15) is 0 Å². The molecule has 0 spiro atoms. The van der Waals surface area contributed by atoms with Crippen LogP contribution in [0.3, 0.4) is 0 Å². The highest BCUT2D eigenvalue weighted by molar-refractivity contribution is 6.09. The van der Waals surface area contributed by atoms with Gasteiger partial charge in [-0.05, 0) is 26.3 Å². The number of rotatable bonds is 5. The highest BCUT2D eigenvalue weighted by Gasteiger charge is 2.20. The summed E-state index contributed by atoms with van der Waals surface area (Å²) in [7, 11) is 0. The molecule has 0 aliphatic rings. The van der Waals surface area contributed by atoms with Gasteiger partial charge in [0, 0.05) is 22.5 Å². The van der Waals surface area contributed by atoms with Crippen LogP contribution in [-0.2, 0) is 0 Å². The summed E-state index contributed by atoms with van der Waals surface area (Å²) in [6.07, 6.45) is 0.839. The van der Waals surface area contributed by atoms with Gasteiger partial charge in [-0.2, -0.15) is 0 Å². The Morgan fingerprint density at radius 2 is 1.90 bits per heavy atom. The molecule has 0 aliphatic heterocycles. The molecule has 1 aromatic heterocycles. The van der Waals surface area contributed by atoms with Gasteiger partial charge in [-0.15, -0.1) is 0 Å². The zero-order chi connectivity index (χ0) is 14.7. The minimum atomic E-state index is 0.0346. The zero-order valence-electron chi connectivity index (χ0n) is 12.3. The largest absolute Gasteiger partial charge is 0.394 e. The van der Waals surface area contributed by atoms with E-state index in [9.17, 15) is 9.90 Å². The minimum absolute atomic E-state index is 0.0346. The molecular weight excluding hydrogens is 250 g/mol. The van der Waals surface area contributed by atoms with E-state index < -0.39 is 0 Å². The van der Waals surface area contributed by atoms with E-state index in [0.29, 0.717) is 5.56 Å². The molecule has 0 saturated heterocycles. The Hall–Kier alpha value is -1.87. The van der Waals surface area contributed by atoms with Gasteiger partial charge in [-0.1, -0.05) is 37.3 Å². The molecule has 0 radical (unpaired) electrons. The fourth-order valence-corrected chi connectivity index (χ4v) is 2.71. The van der Waals surface area contributed by atoms with Crippen LogP contribution in [0.5, 0.6) is 0 Å². The molecule has 20 heavy (non-hydrogen) atoms. The second kappa shape index (κ2) is 6.06. The number of carbonyl (C=O) groups excluding carboxylic acids is 1. The van der Waals surface area contributed by atoms with Crippen LogP contribution in [0.15, 0.2) is 36.4 Å². The van der Waals surface area contributed by atoms with Crippen molar-refractivity contribution in [2.45, 2.75) is 33.2 Å². The van der Waals surface area contributed by atoms with Crippen molar-refractivity contribution in [1.29, 1.82) is 0 Å². The molecule has 3 heteroatoms. The monoisotopic (exact) mass is 271 g/mol. The summed E-state index contributed by atoms with van der Waals surface area (Å²) < 4.78 is 2.07. The molecule has 1 atom stereocenters. The Balaban J connectivity index is 2.45. The van der Waals surface area contributed by atoms with E-state index >= 15 is 0 Å². The average Bonchev–Trinajstić information content (AvgIpc) is 2.77. The third kappa shape index (κ3) is 2.54. The Morgan fingerprint density at radius 3 is 2.45 bits per heavy atom. The van der Waals surface area contributed by atoms with Gasteiger partial charge in [0.15, 0.2) is 5.78 Å². The van der Waals surface area contributed by atoms with Gasteiger partial charge in [0.05, 0.1) is 12.6 Å². The number of aliphatic hydroxyl groups is 1. The lowest BCUT2D eigenvalue weighted by Gasteiger charge is -2.19. The Kier molecular flexibility index (Phi) is 4.40. The first-order valence-electron chi connectivity index (χ1n) is 6.99. The second-order valence-corrected chi connectivity index (χ2v) is 5.09. The van der Waals surface area contributed by atoms with Crippen LogP contribution in [0.4, 0.5) is 0 Å². The molecule has 106 valence electrons. The van der Waals surface area contributed by atoms with Gasteiger partial charge in [0.25, 0.3) is 0 Å². The maximum Gasteiger partial charge on any atom is 0.194 e. The average molecular weight is 271 g/mol. The number of aliphatic hydroxyl groups excluding tert-OH is 1. The van der Waals surface area contributed by atoms with E-state index in [2.05, 4.69) is 4.57 Å². The molecule has 1 heterocycles. The van der Waals surface area contributed by atoms with Crippen LogP contribution in [0, 0.1) is 13.8 Å². The number of nitrogens with zero attached hydrogens (tertiary/aromatic N) is 1. The molecule has 0 saturated carbocycles. The lowest BCUT2D eigenvalue weighted by atomic mass is 10.0. The molecule has 1 N–H and O–H groups in total. The van der Waals surface area contributed by atoms with Crippen LogP contribution in [0.1, 0.15) is 46.7 Å². The summed E-state index contributed by atoms with van der Waals surface area (Å²) in [6, 6.07) is 11.3. The third-order valence-electron chi connectivity index (χ3n) is 3.81. The van der Waals surface area contributed by atoms with Crippen molar-refractivity contribution in [3.63, 3.8) is 0 Å². The van der Waals surface area contributed by atoms with E-state index in [4.69, 9.17) is 0 Å². The van der Waals surface area contributed by atoms with E-state index in [0.717, 1.165) is 23.4 Å². The third-order valence-corrected chi connectivity index (χ3v) is 3.81. The second-order valence-electron chi connectivity index (χ2n) is 5.09. The fourth-order valence-electron chi connectivity index (χ4n) is 2.71. The topological polar surface area (TPSA) is 42.2 Å². The number of hydrogen-bond acceptors (Lipinski definition) is 2. The van der Waals surface area contributed by atoms with E-state index in [1.54, 1.807) is 0 Å². The van der Waals surface area contributed by atoms with Crippen molar-refractivity contribution >= 4 is 5.78 Å². The van der Waals surface area contributed by atoms with Crippen LogP contribution in [-0.4, -0.2) is 22.1 Å². The highest BCUT2D eigenvalue weighted by Crippen LogP contribution is 2.24. The molecule has 1 aromatic carbocycles. The number of carbonyl (C=O) groups is 1. The zero-order valence-corrected chi connectivity index (χ0v) is 12.3. The summed E-state index contributed by atoms with van der Waals surface area (Å²) in [6.45, 7) is 6.05. The van der Waals surface area contributed by atoms with E-state index in [-0.39, 0.29) is 18.4 Å². The number of benzene rings is 1. The molecule has 0 bridgehead atoms. The lowest BCUT2D eigenvalue weighted by Crippen LogP contribution is -2.15. The van der Waals surface area contributed by atoms with Gasteiger partial charge in [0.2, 0.25) is 0 Å². The van der Waals surface area contributed by atoms with Crippen molar-refractivity contribution in [2.75, 3.05) is 6.61 Å². The maximum absolute atomic E-state index is 12.6. The molecule has 0 amide bonds. The number of aromatic nitrogens is 1. The Morgan fingerprint density at radius 1 is 1.25 bits per heavy atom. The summed E-state index contributed by atoms with van der Waals surface area (Å²) in [5, 5.41) is 9.49. The van der Waals surface area contributed by atoms with Crippen LogP contribution in [0.25, 0.3) is 0 Å². The number of aryl methyl sites for hydroxylation is 1. The lowest BCUT2D eigenvalue weighted by molar-refractivity contribution is 0.103. The predicted molar refractivity (Wildman–Crippen MR) is 80.2 cm³/mol. The van der Waals surface area contributed by atoms with Gasteiger partial charge in [-0.3, -0.25) is 4.79 Å². The minimum Gasteiger partial charge on any atom is -0.394 e. The SMILES string of the molecule is CCC(CO)n1c(C)cc(C(=O)c2ccccc2)c1C. The molecule has 1 unspecified atom stereocenters. The molecular formula is C17H21NO2. The standard InChI is InChI=1S/C17H21NO2/c1-4-15(11-19)18-12(2)10-16(13(18)3)17(20)14-8-6-5-7-9-14/h5-10,15,19H,4,11H2,1-3H3. The number of hydrogen-bond donors (Lipinski definition) is 1. The Bertz CT molecular complexity index is 595. The quantitative estimate of drug-likeness (QED) is 0.848. The van der Waals surface area contributed by atoms with Crippen molar-refractivity contribution < 1.29 is 9.90 Å². The van der Waals surface area contributed by atoms with Crippen LogP contribution < -0.4 is 0 Å². The first-order valence-corrected chi connectivity index (χ1v) is 6.99. The molecule has 2 aromatic rings. The van der Waals surface area contributed by atoms with Crippen molar-refractivity contribution in [3.05, 3.63) is 58.9 Å². The summed E-state index contributed by atoms with van der Waals surface area (Å²) in [5.41, 5.74) is 3.37. The first-order chi connectivity index (χ1) is 9.60. The van der Waals surface area contributed by atoms with Gasteiger partial charge >= 0.3 is 0 Å². The van der Waals surface area contributed by atoms with Gasteiger partial charge in [-0.25, -0.2) is 0 Å². The highest BCUT2D eigenvalue weighted by atomic mass is 16.3. The summed E-state index contributed by atoms with van der Waals surface area (Å²) in [4.78, 5) is 12.6. The van der Waals surface area contributed by atoms with Crippen LogP contribution >= 0.6 is 0 Å².